The van der Waals surface area contributed by atoms with E-state index < -0.39 is 0 Å². The summed E-state index contributed by atoms with van der Waals surface area (Å²) in [6.45, 7) is 11.7. The number of rotatable bonds is 1. The molecule has 2 heteroatoms. The Hall–Kier alpha value is -1.05. The van der Waals surface area contributed by atoms with Crippen LogP contribution in [-0.2, 0) is 9.53 Å². The minimum absolute atomic E-state index is 0.138. The average molecular weight is 194 g/mol. The molecule has 0 aromatic rings. The smallest absolute Gasteiger partial charge is 0.334 e. The van der Waals surface area contributed by atoms with E-state index in [-0.39, 0.29) is 18.0 Å². The zero-order chi connectivity index (χ0) is 10.9. The molecule has 1 saturated heterocycles. The van der Waals surface area contributed by atoms with Crippen LogP contribution in [0.4, 0.5) is 0 Å². The van der Waals surface area contributed by atoms with E-state index in [1.54, 1.807) is 6.08 Å². The molecule has 1 aliphatic heterocycles. The van der Waals surface area contributed by atoms with Crippen LogP contribution in [0.25, 0.3) is 0 Å². The van der Waals surface area contributed by atoms with Crippen molar-refractivity contribution < 1.29 is 9.53 Å². The van der Waals surface area contributed by atoms with E-state index in [0.717, 1.165) is 11.1 Å². The van der Waals surface area contributed by atoms with Gasteiger partial charge in [0.2, 0.25) is 0 Å². The van der Waals surface area contributed by atoms with Gasteiger partial charge in [-0.1, -0.05) is 32.1 Å². The van der Waals surface area contributed by atoms with Gasteiger partial charge in [0.05, 0.1) is 0 Å². The summed E-state index contributed by atoms with van der Waals surface area (Å²) in [5, 5.41) is 0. The Labute approximate surface area is 85.6 Å². The van der Waals surface area contributed by atoms with Gasteiger partial charge in [0.1, 0.15) is 6.10 Å². The fourth-order valence-electron chi connectivity index (χ4n) is 1.95. The summed E-state index contributed by atoms with van der Waals surface area (Å²) >= 11 is 0. The van der Waals surface area contributed by atoms with Crippen LogP contribution in [0.1, 0.15) is 27.7 Å². The maximum absolute atomic E-state index is 11.6. The van der Waals surface area contributed by atoms with Gasteiger partial charge in [-0.15, -0.1) is 0 Å². The molecule has 0 aromatic heterocycles. The van der Waals surface area contributed by atoms with Crippen LogP contribution in [0.15, 0.2) is 23.8 Å². The summed E-state index contributed by atoms with van der Waals surface area (Å²) in [6, 6.07) is 0. The van der Waals surface area contributed by atoms with Crippen LogP contribution < -0.4 is 0 Å². The number of carbonyl (C=O) groups excluding carboxylic acids is 1. The first-order valence-electron chi connectivity index (χ1n) is 5.00. The van der Waals surface area contributed by atoms with Gasteiger partial charge in [0.15, 0.2) is 0 Å². The topological polar surface area (TPSA) is 26.3 Å². The lowest BCUT2D eigenvalue weighted by Crippen LogP contribution is -2.37. The van der Waals surface area contributed by atoms with Crippen molar-refractivity contribution in [3.05, 3.63) is 23.8 Å². The summed E-state index contributed by atoms with van der Waals surface area (Å²) in [7, 11) is 0. The lowest BCUT2D eigenvalue weighted by atomic mass is 9.81. The van der Waals surface area contributed by atoms with Crippen molar-refractivity contribution in [2.24, 2.45) is 11.8 Å². The van der Waals surface area contributed by atoms with Crippen molar-refractivity contribution in [2.75, 3.05) is 0 Å². The van der Waals surface area contributed by atoms with Crippen molar-refractivity contribution in [1.29, 1.82) is 0 Å². The Morgan fingerprint density at radius 2 is 2.00 bits per heavy atom. The van der Waals surface area contributed by atoms with Gasteiger partial charge in [-0.25, -0.2) is 4.79 Å². The molecule has 0 amide bonds. The molecule has 0 aliphatic carbocycles. The quantitative estimate of drug-likeness (QED) is 0.364. The van der Waals surface area contributed by atoms with E-state index in [4.69, 9.17) is 4.74 Å². The zero-order valence-corrected chi connectivity index (χ0v) is 9.33. The number of cyclic esters (lactones) is 1. The molecular weight excluding hydrogens is 176 g/mol. The van der Waals surface area contributed by atoms with Gasteiger partial charge in [-0.2, -0.15) is 0 Å². The Morgan fingerprint density at radius 3 is 2.43 bits per heavy atom. The van der Waals surface area contributed by atoms with Gasteiger partial charge in [-0.3, -0.25) is 0 Å². The Kier molecular flexibility index (Phi) is 3.14. The highest BCUT2D eigenvalue weighted by molar-refractivity contribution is 5.90. The largest absolute Gasteiger partial charge is 0.454 e. The predicted molar refractivity (Wildman–Crippen MR) is 56.8 cm³/mol. The highest BCUT2D eigenvalue weighted by atomic mass is 16.5. The SMILES string of the molecule is C=CC1OC(=O)C(=C(C)C)C(C)C1C. The molecule has 0 N–H and O–H groups in total. The molecule has 0 aromatic carbocycles. The number of esters is 1. The molecule has 0 spiro atoms. The van der Waals surface area contributed by atoms with E-state index in [0.29, 0.717) is 5.92 Å². The number of ether oxygens (including phenoxy) is 1. The van der Waals surface area contributed by atoms with Crippen molar-refractivity contribution in [2.45, 2.75) is 33.8 Å². The average Bonchev–Trinajstić information content (AvgIpc) is 2.10. The summed E-state index contributed by atoms with van der Waals surface area (Å²) in [5.74, 6) is 0.389. The van der Waals surface area contributed by atoms with Crippen LogP contribution in [0.5, 0.6) is 0 Å². The van der Waals surface area contributed by atoms with Crippen molar-refractivity contribution in [3.63, 3.8) is 0 Å². The molecular formula is C12H18O2. The summed E-state index contributed by atoms with van der Waals surface area (Å²) in [6.07, 6.45) is 1.57. The minimum atomic E-state index is -0.180. The van der Waals surface area contributed by atoms with Crippen molar-refractivity contribution >= 4 is 5.97 Å². The number of hydrogen-bond donors (Lipinski definition) is 0. The van der Waals surface area contributed by atoms with Gasteiger partial charge < -0.3 is 4.74 Å². The molecule has 0 saturated carbocycles. The van der Waals surface area contributed by atoms with Crippen molar-refractivity contribution in [3.8, 4) is 0 Å². The number of hydrogen-bond acceptors (Lipinski definition) is 2. The molecule has 1 heterocycles. The van der Waals surface area contributed by atoms with E-state index in [1.165, 1.54) is 0 Å². The van der Waals surface area contributed by atoms with Gasteiger partial charge >= 0.3 is 5.97 Å². The van der Waals surface area contributed by atoms with Gasteiger partial charge in [0, 0.05) is 11.5 Å². The fourth-order valence-corrected chi connectivity index (χ4v) is 1.95. The number of allylic oxidation sites excluding steroid dienone is 1. The van der Waals surface area contributed by atoms with E-state index in [2.05, 4.69) is 20.4 Å². The first kappa shape index (κ1) is 11.0. The predicted octanol–water partition coefficient (Wildman–Crippen LogP) is 2.71. The fraction of sp³-hybridized carbons (Fsp3) is 0.583. The molecule has 1 fully saturated rings. The third-order valence-corrected chi connectivity index (χ3v) is 3.00. The third-order valence-electron chi connectivity index (χ3n) is 3.00. The second-order valence-electron chi connectivity index (χ2n) is 4.17. The molecule has 2 nitrogen and oxygen atoms in total. The first-order chi connectivity index (χ1) is 6.49. The molecule has 0 radical (unpaired) electrons. The van der Waals surface area contributed by atoms with Gasteiger partial charge in [0.25, 0.3) is 0 Å². The van der Waals surface area contributed by atoms with Crippen LogP contribution in [0.3, 0.4) is 0 Å². The first-order valence-corrected chi connectivity index (χ1v) is 5.00. The molecule has 78 valence electrons. The summed E-state index contributed by atoms with van der Waals surface area (Å²) in [5.41, 5.74) is 1.88. The zero-order valence-electron chi connectivity index (χ0n) is 9.33. The maximum Gasteiger partial charge on any atom is 0.334 e. The van der Waals surface area contributed by atoms with E-state index in [9.17, 15) is 4.79 Å². The van der Waals surface area contributed by atoms with Crippen LogP contribution >= 0.6 is 0 Å². The Morgan fingerprint density at radius 1 is 1.43 bits per heavy atom. The lowest BCUT2D eigenvalue weighted by molar-refractivity contribution is -0.150. The molecule has 1 rings (SSSR count). The molecule has 0 bridgehead atoms. The maximum atomic E-state index is 11.6. The highest BCUT2D eigenvalue weighted by Gasteiger charge is 2.35. The van der Waals surface area contributed by atoms with Crippen molar-refractivity contribution in [1.82, 2.24) is 0 Å². The van der Waals surface area contributed by atoms with Crippen LogP contribution in [0.2, 0.25) is 0 Å². The van der Waals surface area contributed by atoms with Gasteiger partial charge in [-0.05, 0) is 19.8 Å². The number of carbonyl (C=O) groups is 1. The molecule has 3 atom stereocenters. The summed E-state index contributed by atoms with van der Waals surface area (Å²) < 4.78 is 5.28. The van der Waals surface area contributed by atoms with Crippen LogP contribution in [-0.4, -0.2) is 12.1 Å². The second-order valence-corrected chi connectivity index (χ2v) is 4.17. The Bertz CT molecular complexity index is 285. The monoisotopic (exact) mass is 194 g/mol. The minimum Gasteiger partial charge on any atom is -0.454 e. The second kappa shape index (κ2) is 3.99. The van der Waals surface area contributed by atoms with E-state index >= 15 is 0 Å². The van der Waals surface area contributed by atoms with Crippen LogP contribution in [0, 0.1) is 11.8 Å². The molecule has 14 heavy (non-hydrogen) atoms. The molecule has 1 aliphatic rings. The molecule has 3 unspecified atom stereocenters. The third kappa shape index (κ3) is 1.74. The summed E-state index contributed by atoms with van der Waals surface area (Å²) in [4.78, 5) is 11.6. The highest BCUT2D eigenvalue weighted by Crippen LogP contribution is 2.33. The normalized spacial score (nSPS) is 32.4. The lowest BCUT2D eigenvalue weighted by Gasteiger charge is -2.34. The standard InChI is InChI=1S/C12H18O2/c1-6-10-8(4)9(5)11(7(2)3)12(13)14-10/h6,8-10H,1H2,2-5H3. The Balaban J connectivity index is 3.02. The van der Waals surface area contributed by atoms with E-state index in [1.807, 2.05) is 13.8 Å².